The SMILES string of the molecule is CCC[C@H](NC(=O)[C@@H](C)Cl)c1ccccc1. The topological polar surface area (TPSA) is 29.1 Å². The second kappa shape index (κ2) is 6.54. The zero-order valence-corrected chi connectivity index (χ0v) is 10.5. The van der Waals surface area contributed by atoms with Crippen LogP contribution in [0.5, 0.6) is 0 Å². The Labute approximate surface area is 102 Å². The van der Waals surface area contributed by atoms with Gasteiger partial charge in [-0.25, -0.2) is 0 Å². The van der Waals surface area contributed by atoms with Crippen LogP contribution in [-0.2, 0) is 4.79 Å². The molecule has 0 saturated heterocycles. The first-order valence-corrected chi connectivity index (χ1v) is 6.08. The third kappa shape index (κ3) is 3.86. The molecule has 2 atom stereocenters. The summed E-state index contributed by atoms with van der Waals surface area (Å²) in [7, 11) is 0. The molecule has 2 nitrogen and oxygen atoms in total. The van der Waals surface area contributed by atoms with E-state index < -0.39 is 5.38 Å². The molecule has 1 N–H and O–H groups in total. The summed E-state index contributed by atoms with van der Waals surface area (Å²) in [6.07, 6.45) is 1.95. The van der Waals surface area contributed by atoms with Gasteiger partial charge in [0, 0.05) is 0 Å². The average molecular weight is 240 g/mol. The summed E-state index contributed by atoms with van der Waals surface area (Å²) in [6, 6.07) is 10.1. The number of amides is 1. The lowest BCUT2D eigenvalue weighted by Crippen LogP contribution is -2.33. The Morgan fingerprint density at radius 3 is 2.50 bits per heavy atom. The number of hydrogen-bond donors (Lipinski definition) is 1. The summed E-state index contributed by atoms with van der Waals surface area (Å²) in [5, 5.41) is 2.48. The number of benzene rings is 1. The first-order valence-electron chi connectivity index (χ1n) is 5.64. The fourth-order valence-electron chi connectivity index (χ4n) is 1.58. The maximum absolute atomic E-state index is 11.6. The van der Waals surface area contributed by atoms with Crippen molar-refractivity contribution in [1.82, 2.24) is 5.32 Å². The predicted molar refractivity (Wildman–Crippen MR) is 67.5 cm³/mol. The van der Waals surface area contributed by atoms with Crippen molar-refractivity contribution in [2.75, 3.05) is 0 Å². The molecular formula is C13H18ClNO. The summed E-state index contributed by atoms with van der Waals surface area (Å²) in [4.78, 5) is 11.6. The zero-order chi connectivity index (χ0) is 12.0. The maximum atomic E-state index is 11.6. The van der Waals surface area contributed by atoms with Gasteiger partial charge in [-0.1, -0.05) is 43.7 Å². The molecule has 0 aliphatic rings. The van der Waals surface area contributed by atoms with Gasteiger partial charge in [0.25, 0.3) is 0 Å². The van der Waals surface area contributed by atoms with Gasteiger partial charge in [-0.2, -0.15) is 0 Å². The largest absolute Gasteiger partial charge is 0.348 e. The van der Waals surface area contributed by atoms with Gasteiger partial charge in [-0.15, -0.1) is 11.6 Å². The molecule has 1 aromatic carbocycles. The lowest BCUT2D eigenvalue weighted by Gasteiger charge is -2.19. The Hall–Kier alpha value is -1.02. The van der Waals surface area contributed by atoms with E-state index in [1.54, 1.807) is 6.92 Å². The predicted octanol–water partition coefficient (Wildman–Crippen LogP) is 3.27. The third-order valence-electron chi connectivity index (χ3n) is 2.46. The van der Waals surface area contributed by atoms with Gasteiger partial charge in [0.15, 0.2) is 0 Å². The Morgan fingerprint density at radius 2 is 2.00 bits per heavy atom. The first kappa shape index (κ1) is 13.0. The summed E-state index contributed by atoms with van der Waals surface area (Å²) in [5.74, 6) is -0.107. The number of hydrogen-bond acceptors (Lipinski definition) is 1. The maximum Gasteiger partial charge on any atom is 0.238 e. The molecule has 0 spiro atoms. The fourth-order valence-corrected chi connectivity index (χ4v) is 1.65. The van der Waals surface area contributed by atoms with Crippen molar-refractivity contribution in [2.45, 2.75) is 38.1 Å². The Balaban J connectivity index is 2.72. The minimum Gasteiger partial charge on any atom is -0.348 e. The molecule has 0 aromatic heterocycles. The molecule has 0 aliphatic carbocycles. The second-order valence-corrected chi connectivity index (χ2v) is 4.53. The number of carbonyl (C=O) groups is 1. The van der Waals surface area contributed by atoms with Gasteiger partial charge >= 0.3 is 0 Å². The molecule has 88 valence electrons. The highest BCUT2D eigenvalue weighted by Crippen LogP contribution is 2.18. The molecule has 0 aliphatic heterocycles. The second-order valence-electron chi connectivity index (χ2n) is 3.88. The molecular weight excluding hydrogens is 222 g/mol. The van der Waals surface area contributed by atoms with Crippen LogP contribution in [0.1, 0.15) is 38.3 Å². The van der Waals surface area contributed by atoms with E-state index in [4.69, 9.17) is 11.6 Å². The van der Waals surface area contributed by atoms with Crippen molar-refractivity contribution in [2.24, 2.45) is 0 Å². The van der Waals surface area contributed by atoms with E-state index in [-0.39, 0.29) is 11.9 Å². The van der Waals surface area contributed by atoms with Crippen LogP contribution < -0.4 is 5.32 Å². The zero-order valence-electron chi connectivity index (χ0n) is 9.74. The van der Waals surface area contributed by atoms with Crippen LogP contribution in [-0.4, -0.2) is 11.3 Å². The van der Waals surface area contributed by atoms with Crippen LogP contribution in [0.4, 0.5) is 0 Å². The van der Waals surface area contributed by atoms with E-state index in [2.05, 4.69) is 12.2 Å². The summed E-state index contributed by atoms with van der Waals surface area (Å²) in [5.41, 5.74) is 1.13. The minimum atomic E-state index is -0.483. The van der Waals surface area contributed by atoms with Crippen molar-refractivity contribution in [3.8, 4) is 0 Å². The first-order chi connectivity index (χ1) is 7.65. The average Bonchev–Trinajstić information content (AvgIpc) is 2.29. The molecule has 0 fully saturated rings. The number of rotatable bonds is 5. The molecule has 0 radical (unpaired) electrons. The van der Waals surface area contributed by atoms with Crippen molar-refractivity contribution in [3.63, 3.8) is 0 Å². The Kier molecular flexibility index (Phi) is 5.33. The lowest BCUT2D eigenvalue weighted by atomic mass is 10.0. The van der Waals surface area contributed by atoms with Crippen LogP contribution in [0.15, 0.2) is 30.3 Å². The Morgan fingerprint density at radius 1 is 1.38 bits per heavy atom. The van der Waals surface area contributed by atoms with Crippen LogP contribution in [0.2, 0.25) is 0 Å². The van der Waals surface area contributed by atoms with Crippen molar-refractivity contribution in [1.29, 1.82) is 0 Å². The summed E-state index contributed by atoms with van der Waals surface area (Å²) >= 11 is 5.75. The highest BCUT2D eigenvalue weighted by atomic mass is 35.5. The highest BCUT2D eigenvalue weighted by molar-refractivity contribution is 6.30. The van der Waals surface area contributed by atoms with Gasteiger partial charge in [-0.05, 0) is 18.9 Å². The minimum absolute atomic E-state index is 0.0694. The van der Waals surface area contributed by atoms with Crippen LogP contribution in [0.25, 0.3) is 0 Å². The normalized spacial score (nSPS) is 14.2. The number of nitrogens with one attached hydrogen (secondary N) is 1. The van der Waals surface area contributed by atoms with E-state index in [9.17, 15) is 4.79 Å². The molecule has 1 amide bonds. The fraction of sp³-hybridized carbons (Fsp3) is 0.462. The van der Waals surface area contributed by atoms with Crippen molar-refractivity contribution < 1.29 is 4.79 Å². The summed E-state index contributed by atoms with van der Waals surface area (Å²) in [6.45, 7) is 3.79. The summed E-state index contributed by atoms with van der Waals surface area (Å²) < 4.78 is 0. The quantitative estimate of drug-likeness (QED) is 0.785. The van der Waals surface area contributed by atoms with Gasteiger partial charge in [0.1, 0.15) is 5.38 Å². The van der Waals surface area contributed by atoms with Gasteiger partial charge in [-0.3, -0.25) is 4.79 Å². The molecule has 1 rings (SSSR count). The van der Waals surface area contributed by atoms with E-state index in [0.717, 1.165) is 18.4 Å². The molecule has 16 heavy (non-hydrogen) atoms. The molecule has 0 heterocycles. The van der Waals surface area contributed by atoms with Crippen LogP contribution in [0.3, 0.4) is 0 Å². The monoisotopic (exact) mass is 239 g/mol. The molecule has 3 heteroatoms. The van der Waals surface area contributed by atoms with Gasteiger partial charge < -0.3 is 5.32 Å². The smallest absolute Gasteiger partial charge is 0.238 e. The van der Waals surface area contributed by atoms with Crippen LogP contribution in [0, 0.1) is 0 Å². The van der Waals surface area contributed by atoms with Gasteiger partial charge in [0.2, 0.25) is 5.91 Å². The Bertz CT molecular complexity index is 324. The van der Waals surface area contributed by atoms with E-state index >= 15 is 0 Å². The lowest BCUT2D eigenvalue weighted by molar-refractivity contribution is -0.121. The standard InChI is InChI=1S/C13H18ClNO/c1-3-7-12(15-13(16)10(2)14)11-8-5-4-6-9-11/h4-6,8-10,12H,3,7H2,1-2H3,(H,15,16)/t10-,12+/m1/s1. The van der Waals surface area contributed by atoms with Crippen molar-refractivity contribution >= 4 is 17.5 Å². The molecule has 1 aromatic rings. The van der Waals surface area contributed by atoms with E-state index in [1.165, 1.54) is 0 Å². The molecule has 0 unspecified atom stereocenters. The van der Waals surface area contributed by atoms with E-state index in [1.807, 2.05) is 30.3 Å². The third-order valence-corrected chi connectivity index (χ3v) is 2.66. The van der Waals surface area contributed by atoms with Gasteiger partial charge in [0.05, 0.1) is 6.04 Å². The number of halogens is 1. The van der Waals surface area contributed by atoms with E-state index in [0.29, 0.717) is 0 Å². The molecule has 0 bridgehead atoms. The number of alkyl halides is 1. The molecule has 0 saturated carbocycles. The number of carbonyl (C=O) groups excluding carboxylic acids is 1. The van der Waals surface area contributed by atoms with Crippen LogP contribution >= 0.6 is 11.6 Å². The van der Waals surface area contributed by atoms with Crippen molar-refractivity contribution in [3.05, 3.63) is 35.9 Å². The highest BCUT2D eigenvalue weighted by Gasteiger charge is 2.16.